The highest BCUT2D eigenvalue weighted by Crippen LogP contribution is 2.19. The number of hydrogen-bond donors (Lipinski definition) is 0. The van der Waals surface area contributed by atoms with Crippen LogP contribution in [-0.2, 0) is 11.3 Å². The summed E-state index contributed by atoms with van der Waals surface area (Å²) in [6.07, 6.45) is 4.25. The fourth-order valence-electron chi connectivity index (χ4n) is 4.63. The summed E-state index contributed by atoms with van der Waals surface area (Å²) < 4.78 is 1.73. The van der Waals surface area contributed by atoms with Gasteiger partial charge in [0.2, 0.25) is 5.91 Å². The van der Waals surface area contributed by atoms with Crippen molar-refractivity contribution in [1.82, 2.24) is 19.4 Å². The number of piperazine rings is 1. The Bertz CT molecular complexity index is 1150. The quantitative estimate of drug-likeness (QED) is 0.615. The van der Waals surface area contributed by atoms with Crippen molar-refractivity contribution < 1.29 is 4.79 Å². The molecule has 8 heteroatoms. The van der Waals surface area contributed by atoms with Gasteiger partial charge < -0.3 is 19.3 Å². The maximum absolute atomic E-state index is 13.3. The normalized spacial score (nSPS) is 16.7. The van der Waals surface area contributed by atoms with Crippen LogP contribution in [0.25, 0.3) is 11.0 Å². The van der Waals surface area contributed by atoms with Gasteiger partial charge in [0.15, 0.2) is 5.82 Å². The number of aromatic nitrogens is 3. The number of carbonyl (C=O) groups excluding carboxylic acids is 1. The van der Waals surface area contributed by atoms with Gasteiger partial charge in [-0.05, 0) is 37.1 Å². The van der Waals surface area contributed by atoms with Crippen LogP contribution in [0.15, 0.2) is 53.5 Å². The molecule has 5 rings (SSSR count). The molecule has 0 atom stereocenters. The zero-order valence-corrected chi connectivity index (χ0v) is 18.2. The molecule has 8 nitrogen and oxygen atoms in total. The zero-order chi connectivity index (χ0) is 21.9. The van der Waals surface area contributed by atoms with Gasteiger partial charge in [0.05, 0.1) is 11.0 Å². The molecule has 2 fully saturated rings. The van der Waals surface area contributed by atoms with Gasteiger partial charge in [0, 0.05) is 58.4 Å². The molecule has 0 N–H and O–H groups in total. The van der Waals surface area contributed by atoms with Crippen LogP contribution in [0, 0.1) is 0 Å². The minimum atomic E-state index is -0.0987. The second-order valence-electron chi connectivity index (χ2n) is 8.38. The smallest absolute Gasteiger partial charge is 0.294 e. The number of nitrogens with zero attached hydrogens (tertiary/aromatic N) is 6. The molecule has 32 heavy (non-hydrogen) atoms. The summed E-state index contributed by atoms with van der Waals surface area (Å²) in [5, 5.41) is 0. The minimum absolute atomic E-state index is 0.0844. The van der Waals surface area contributed by atoms with Crippen LogP contribution in [0.4, 0.5) is 11.6 Å². The lowest BCUT2D eigenvalue weighted by atomic mass is 10.2. The Labute approximate surface area is 187 Å². The third-order valence-electron chi connectivity index (χ3n) is 6.40. The Morgan fingerprint density at radius 1 is 0.875 bits per heavy atom. The number of aryl methyl sites for hydroxylation is 1. The van der Waals surface area contributed by atoms with E-state index >= 15 is 0 Å². The van der Waals surface area contributed by atoms with Crippen molar-refractivity contribution in [3.8, 4) is 0 Å². The highest BCUT2D eigenvalue weighted by molar-refractivity contribution is 5.78. The van der Waals surface area contributed by atoms with E-state index in [0.717, 1.165) is 55.9 Å². The largest absolute Gasteiger partial charge is 0.353 e. The number of benzene rings is 1. The first-order valence-corrected chi connectivity index (χ1v) is 11.4. The molecular formula is C24H28N6O2. The Kier molecular flexibility index (Phi) is 5.75. The minimum Gasteiger partial charge on any atom is -0.353 e. The molecule has 4 heterocycles. The highest BCUT2D eigenvalue weighted by atomic mass is 16.2. The van der Waals surface area contributed by atoms with Gasteiger partial charge in [0.1, 0.15) is 5.82 Å². The molecule has 1 aromatic carbocycles. The first kappa shape index (κ1) is 20.5. The van der Waals surface area contributed by atoms with Crippen molar-refractivity contribution in [1.29, 1.82) is 0 Å². The lowest BCUT2D eigenvalue weighted by Gasteiger charge is -2.35. The number of hydrogen-bond acceptors (Lipinski definition) is 6. The number of rotatable bonds is 5. The third kappa shape index (κ3) is 4.04. The average molecular weight is 433 g/mol. The molecule has 0 saturated carbocycles. The second kappa shape index (κ2) is 8.98. The summed E-state index contributed by atoms with van der Waals surface area (Å²) in [7, 11) is 0. The van der Waals surface area contributed by atoms with E-state index in [4.69, 9.17) is 0 Å². The van der Waals surface area contributed by atoms with Crippen molar-refractivity contribution in [3.05, 3.63) is 59.0 Å². The maximum Gasteiger partial charge on any atom is 0.294 e. The van der Waals surface area contributed by atoms with E-state index in [1.807, 2.05) is 47.4 Å². The van der Waals surface area contributed by atoms with Crippen molar-refractivity contribution in [2.75, 3.05) is 49.1 Å². The van der Waals surface area contributed by atoms with E-state index < -0.39 is 0 Å². The number of amides is 1. The summed E-state index contributed by atoms with van der Waals surface area (Å²) in [5.74, 6) is 1.54. The number of para-hydroxylation sites is 2. The Hall–Kier alpha value is -3.42. The molecule has 0 bridgehead atoms. The summed E-state index contributed by atoms with van der Waals surface area (Å²) in [6, 6.07) is 13.6. The van der Waals surface area contributed by atoms with Crippen molar-refractivity contribution in [3.63, 3.8) is 0 Å². The Balaban J connectivity index is 1.29. The molecule has 0 aliphatic carbocycles. The molecule has 2 aliphatic rings. The van der Waals surface area contributed by atoms with Crippen LogP contribution < -0.4 is 15.4 Å². The maximum atomic E-state index is 13.3. The number of anilines is 2. The third-order valence-corrected chi connectivity index (χ3v) is 6.40. The molecule has 0 spiro atoms. The molecule has 3 aromatic rings. The predicted octanol–water partition coefficient (Wildman–Crippen LogP) is 2.13. The van der Waals surface area contributed by atoms with Gasteiger partial charge >= 0.3 is 0 Å². The van der Waals surface area contributed by atoms with Crippen LogP contribution in [0.2, 0.25) is 0 Å². The SMILES string of the molecule is O=C(CCn1c(=O)c(N2CCCC2)nc2ccccc21)N1CCN(c2ccccn2)CC1. The lowest BCUT2D eigenvalue weighted by Crippen LogP contribution is -2.49. The standard InChI is InChI=1S/C24H28N6O2/c31-22(28-17-15-27(16-18-28)21-9-3-4-11-25-21)10-14-30-20-8-2-1-7-19(20)26-23(24(30)32)29-12-5-6-13-29/h1-4,7-9,11H,5-6,10,12-18H2. The van der Waals surface area contributed by atoms with Crippen LogP contribution in [0.5, 0.6) is 0 Å². The predicted molar refractivity (Wildman–Crippen MR) is 125 cm³/mol. The molecule has 0 radical (unpaired) electrons. The van der Waals surface area contributed by atoms with Gasteiger partial charge in [-0.2, -0.15) is 0 Å². The molecule has 2 aliphatic heterocycles. The molecular weight excluding hydrogens is 404 g/mol. The second-order valence-corrected chi connectivity index (χ2v) is 8.38. The number of carbonyl (C=O) groups is 1. The summed E-state index contributed by atoms with van der Waals surface area (Å²) >= 11 is 0. The fraction of sp³-hybridized carbons (Fsp3) is 0.417. The summed E-state index contributed by atoms with van der Waals surface area (Å²) in [6.45, 7) is 4.95. The van der Waals surface area contributed by atoms with Crippen LogP contribution in [0.1, 0.15) is 19.3 Å². The van der Waals surface area contributed by atoms with Gasteiger partial charge in [-0.25, -0.2) is 9.97 Å². The van der Waals surface area contributed by atoms with E-state index in [9.17, 15) is 9.59 Å². The van der Waals surface area contributed by atoms with Gasteiger partial charge in [-0.15, -0.1) is 0 Å². The number of fused-ring (bicyclic) bond motifs is 1. The molecule has 166 valence electrons. The number of pyridine rings is 1. The fourth-order valence-corrected chi connectivity index (χ4v) is 4.63. The van der Waals surface area contributed by atoms with Gasteiger partial charge in [0.25, 0.3) is 5.56 Å². The van der Waals surface area contributed by atoms with Crippen LogP contribution >= 0.6 is 0 Å². The van der Waals surface area contributed by atoms with Crippen molar-refractivity contribution in [2.24, 2.45) is 0 Å². The van der Waals surface area contributed by atoms with E-state index in [-0.39, 0.29) is 11.5 Å². The van der Waals surface area contributed by atoms with Gasteiger partial charge in [-0.1, -0.05) is 18.2 Å². The van der Waals surface area contributed by atoms with Crippen LogP contribution in [-0.4, -0.2) is 64.6 Å². The van der Waals surface area contributed by atoms with Crippen LogP contribution in [0.3, 0.4) is 0 Å². The van der Waals surface area contributed by atoms with Crippen molar-refractivity contribution >= 4 is 28.6 Å². The van der Waals surface area contributed by atoms with Gasteiger partial charge in [-0.3, -0.25) is 9.59 Å². The molecule has 1 amide bonds. The highest BCUT2D eigenvalue weighted by Gasteiger charge is 2.23. The summed E-state index contributed by atoms with van der Waals surface area (Å²) in [4.78, 5) is 41.5. The monoisotopic (exact) mass is 432 g/mol. The van der Waals surface area contributed by atoms with E-state index in [1.165, 1.54) is 0 Å². The topological polar surface area (TPSA) is 74.6 Å². The average Bonchev–Trinajstić information content (AvgIpc) is 3.38. The summed E-state index contributed by atoms with van der Waals surface area (Å²) in [5.41, 5.74) is 1.48. The first-order valence-electron chi connectivity index (χ1n) is 11.4. The Morgan fingerprint density at radius 2 is 1.62 bits per heavy atom. The molecule has 2 aromatic heterocycles. The van der Waals surface area contributed by atoms with Crippen molar-refractivity contribution in [2.45, 2.75) is 25.8 Å². The van der Waals surface area contributed by atoms with E-state index in [2.05, 4.69) is 19.8 Å². The molecule has 2 saturated heterocycles. The van der Waals surface area contributed by atoms with E-state index in [0.29, 0.717) is 31.9 Å². The lowest BCUT2D eigenvalue weighted by molar-refractivity contribution is -0.131. The zero-order valence-electron chi connectivity index (χ0n) is 18.2. The molecule has 0 unspecified atom stereocenters. The first-order chi connectivity index (χ1) is 15.7. The Morgan fingerprint density at radius 3 is 2.38 bits per heavy atom. The van der Waals surface area contributed by atoms with E-state index in [1.54, 1.807) is 10.8 Å².